The number of aromatic amines is 1. The molecule has 178 valence electrons. The number of benzene rings is 3. The molecule has 0 saturated heterocycles. The molecule has 0 spiro atoms. The molecule has 1 aromatic heterocycles. The number of hydrogen-bond donors (Lipinski definition) is 3. The second-order valence-corrected chi connectivity index (χ2v) is 9.47. The summed E-state index contributed by atoms with van der Waals surface area (Å²) in [5.41, 5.74) is 10.5. The summed E-state index contributed by atoms with van der Waals surface area (Å²) in [7, 11) is 0. The molecule has 1 unspecified atom stereocenters. The van der Waals surface area contributed by atoms with E-state index < -0.39 is 5.91 Å². The number of hydrazine groups is 1. The lowest BCUT2D eigenvalue weighted by molar-refractivity contribution is 0.0847. The second-order valence-electron chi connectivity index (χ2n) is 9.04. The highest BCUT2D eigenvalue weighted by Crippen LogP contribution is 2.32. The first-order chi connectivity index (χ1) is 17.0. The lowest BCUT2D eigenvalue weighted by Gasteiger charge is -2.18. The number of nitrogens with one attached hydrogen (secondary N) is 3. The van der Waals surface area contributed by atoms with E-state index in [2.05, 4.69) is 22.8 Å². The summed E-state index contributed by atoms with van der Waals surface area (Å²) in [5, 5.41) is 1.74. The Hall–Kier alpha value is -3.77. The molecule has 2 amide bonds. The number of aromatic nitrogens is 1. The number of carbonyl (C=O) groups excluding carboxylic acids is 2. The Kier molecular flexibility index (Phi) is 6.47. The predicted octanol–water partition coefficient (Wildman–Crippen LogP) is 5.60. The summed E-state index contributed by atoms with van der Waals surface area (Å²) in [6, 6.07) is 19.8. The van der Waals surface area contributed by atoms with Crippen LogP contribution < -0.4 is 15.6 Å². The van der Waals surface area contributed by atoms with Crippen LogP contribution in [-0.2, 0) is 19.4 Å². The zero-order valence-electron chi connectivity index (χ0n) is 19.4. The van der Waals surface area contributed by atoms with Crippen molar-refractivity contribution >= 4 is 34.3 Å². The van der Waals surface area contributed by atoms with Crippen molar-refractivity contribution in [1.29, 1.82) is 0 Å². The molecule has 1 atom stereocenters. The van der Waals surface area contributed by atoms with Crippen LogP contribution in [0.25, 0.3) is 10.9 Å². The van der Waals surface area contributed by atoms with E-state index in [-0.39, 0.29) is 5.91 Å². The lowest BCUT2D eigenvalue weighted by atomic mass is 9.87. The number of halogens is 1. The Balaban J connectivity index is 1.18. The maximum atomic E-state index is 12.7. The van der Waals surface area contributed by atoms with E-state index in [9.17, 15) is 9.59 Å². The van der Waals surface area contributed by atoms with E-state index >= 15 is 0 Å². The Bertz CT molecular complexity index is 1380. The maximum Gasteiger partial charge on any atom is 0.269 e. The van der Waals surface area contributed by atoms with Crippen molar-refractivity contribution in [3.8, 4) is 5.75 Å². The highest BCUT2D eigenvalue weighted by atomic mass is 35.5. The van der Waals surface area contributed by atoms with Crippen molar-refractivity contribution in [2.45, 2.75) is 32.8 Å². The average molecular weight is 488 g/mol. The van der Waals surface area contributed by atoms with Crippen molar-refractivity contribution < 1.29 is 14.3 Å². The molecule has 5 rings (SSSR count). The molecule has 35 heavy (non-hydrogen) atoms. The van der Waals surface area contributed by atoms with Crippen molar-refractivity contribution in [3.05, 3.63) is 99.7 Å². The van der Waals surface area contributed by atoms with Gasteiger partial charge in [-0.05, 0) is 90.9 Å². The summed E-state index contributed by atoms with van der Waals surface area (Å²) < 4.78 is 5.72. The number of aryl methyl sites for hydroxylation is 1. The second kappa shape index (κ2) is 9.84. The zero-order valence-corrected chi connectivity index (χ0v) is 20.1. The van der Waals surface area contributed by atoms with Gasteiger partial charge >= 0.3 is 0 Å². The van der Waals surface area contributed by atoms with E-state index in [0.29, 0.717) is 34.4 Å². The first kappa shape index (κ1) is 23.0. The van der Waals surface area contributed by atoms with Crippen LogP contribution in [0.2, 0.25) is 5.02 Å². The van der Waals surface area contributed by atoms with Gasteiger partial charge in [0, 0.05) is 32.7 Å². The Morgan fingerprint density at radius 2 is 1.66 bits per heavy atom. The maximum absolute atomic E-state index is 12.7. The Morgan fingerprint density at radius 1 is 0.971 bits per heavy atom. The highest BCUT2D eigenvalue weighted by Gasteiger charge is 2.20. The fourth-order valence-corrected chi connectivity index (χ4v) is 4.57. The summed E-state index contributed by atoms with van der Waals surface area (Å²) in [6.07, 6.45) is 3.22. The normalized spacial score (nSPS) is 14.9. The fraction of sp³-hybridized carbons (Fsp3) is 0.214. The molecule has 4 aromatic rings. The van der Waals surface area contributed by atoms with Crippen LogP contribution in [0.15, 0.2) is 66.7 Å². The molecule has 3 aromatic carbocycles. The third-order valence-electron chi connectivity index (χ3n) is 6.42. The van der Waals surface area contributed by atoms with Gasteiger partial charge < -0.3 is 9.72 Å². The van der Waals surface area contributed by atoms with Gasteiger partial charge in [0.25, 0.3) is 11.8 Å². The van der Waals surface area contributed by atoms with Crippen LogP contribution in [0.3, 0.4) is 0 Å². The van der Waals surface area contributed by atoms with E-state index in [0.717, 1.165) is 29.3 Å². The SMILES string of the molecule is CC1CCc2[nH]c3ccc(C(=O)NNC(=O)c4ccc(COc5ccc(Cl)cc5)cc4)cc3c2C1. The van der Waals surface area contributed by atoms with Gasteiger partial charge in [-0.2, -0.15) is 0 Å². The van der Waals surface area contributed by atoms with Crippen LogP contribution in [-0.4, -0.2) is 16.8 Å². The largest absolute Gasteiger partial charge is 0.489 e. The van der Waals surface area contributed by atoms with Crippen molar-refractivity contribution in [2.24, 2.45) is 5.92 Å². The van der Waals surface area contributed by atoms with E-state index in [1.165, 1.54) is 17.7 Å². The van der Waals surface area contributed by atoms with Gasteiger partial charge in [0.2, 0.25) is 0 Å². The first-order valence-electron chi connectivity index (χ1n) is 11.7. The number of carbonyl (C=O) groups is 2. The van der Waals surface area contributed by atoms with E-state index in [1.807, 2.05) is 24.3 Å². The quantitative estimate of drug-likeness (QED) is 0.320. The Morgan fingerprint density at radius 3 is 2.40 bits per heavy atom. The van der Waals surface area contributed by atoms with Gasteiger partial charge in [-0.25, -0.2) is 0 Å². The lowest BCUT2D eigenvalue weighted by Crippen LogP contribution is -2.41. The number of rotatable bonds is 5. The third kappa shape index (κ3) is 5.17. The smallest absolute Gasteiger partial charge is 0.269 e. The monoisotopic (exact) mass is 487 g/mol. The van der Waals surface area contributed by atoms with Gasteiger partial charge in [-0.3, -0.25) is 20.4 Å². The third-order valence-corrected chi connectivity index (χ3v) is 6.67. The molecule has 7 heteroatoms. The summed E-state index contributed by atoms with van der Waals surface area (Å²) in [5.74, 6) is 0.602. The number of amides is 2. The minimum absolute atomic E-state index is 0.355. The number of hydrogen-bond acceptors (Lipinski definition) is 3. The molecule has 1 aliphatic carbocycles. The highest BCUT2D eigenvalue weighted by molar-refractivity contribution is 6.30. The topological polar surface area (TPSA) is 83.2 Å². The van der Waals surface area contributed by atoms with Crippen molar-refractivity contribution in [2.75, 3.05) is 0 Å². The fourth-order valence-electron chi connectivity index (χ4n) is 4.44. The van der Waals surface area contributed by atoms with Gasteiger partial charge in [0.15, 0.2) is 0 Å². The molecule has 6 nitrogen and oxygen atoms in total. The van der Waals surface area contributed by atoms with E-state index in [4.69, 9.17) is 16.3 Å². The van der Waals surface area contributed by atoms with Crippen molar-refractivity contribution in [1.82, 2.24) is 15.8 Å². The molecule has 1 aliphatic rings. The molecule has 0 radical (unpaired) electrons. The van der Waals surface area contributed by atoms with Gasteiger partial charge in [0.05, 0.1) is 0 Å². The van der Waals surface area contributed by atoms with Gasteiger partial charge in [-0.15, -0.1) is 0 Å². The van der Waals surface area contributed by atoms with Crippen molar-refractivity contribution in [3.63, 3.8) is 0 Å². The predicted molar refractivity (Wildman–Crippen MR) is 137 cm³/mol. The molecule has 0 aliphatic heterocycles. The first-order valence-corrected chi connectivity index (χ1v) is 12.1. The molecule has 3 N–H and O–H groups in total. The minimum atomic E-state index is -0.391. The van der Waals surface area contributed by atoms with Gasteiger partial charge in [-0.1, -0.05) is 30.7 Å². The molecular weight excluding hydrogens is 462 g/mol. The number of H-pyrrole nitrogens is 1. The zero-order chi connectivity index (χ0) is 24.4. The summed E-state index contributed by atoms with van der Waals surface area (Å²) >= 11 is 5.88. The molecule has 0 saturated carbocycles. The summed E-state index contributed by atoms with van der Waals surface area (Å²) in [6.45, 7) is 2.62. The molecule has 1 heterocycles. The van der Waals surface area contributed by atoms with Gasteiger partial charge in [0.1, 0.15) is 12.4 Å². The standard InChI is InChI=1S/C28H26ClN3O3/c1-17-2-12-25-23(14-17)24-15-20(7-13-26(24)30-25)28(34)32-31-27(33)19-5-3-18(4-6-19)16-35-22-10-8-21(29)9-11-22/h3-11,13,15,17,30H,2,12,14,16H2,1H3,(H,31,33)(H,32,34). The average Bonchev–Trinajstić information content (AvgIpc) is 3.24. The van der Waals surface area contributed by atoms with E-state index in [1.54, 1.807) is 42.5 Å². The van der Waals surface area contributed by atoms with Crippen LogP contribution >= 0.6 is 11.6 Å². The van der Waals surface area contributed by atoms with Crippen LogP contribution in [0.5, 0.6) is 5.75 Å². The number of fused-ring (bicyclic) bond motifs is 3. The molecular formula is C28H26ClN3O3. The van der Waals surface area contributed by atoms with Crippen LogP contribution in [0, 0.1) is 5.92 Å². The Labute approximate surface area is 208 Å². The van der Waals surface area contributed by atoms with Crippen LogP contribution in [0.1, 0.15) is 50.9 Å². The molecule has 0 fully saturated rings. The minimum Gasteiger partial charge on any atom is -0.489 e. The summed E-state index contributed by atoms with van der Waals surface area (Å²) in [4.78, 5) is 28.7. The van der Waals surface area contributed by atoms with Crippen LogP contribution in [0.4, 0.5) is 0 Å². The molecule has 0 bridgehead atoms. The number of ether oxygens (including phenoxy) is 1.